The van der Waals surface area contributed by atoms with Crippen molar-refractivity contribution in [3.05, 3.63) is 29.8 Å². The average Bonchev–Trinajstić information content (AvgIpc) is 2.61. The van der Waals surface area contributed by atoms with E-state index >= 15 is 0 Å². The summed E-state index contributed by atoms with van der Waals surface area (Å²) in [5.74, 6) is 1.34. The molecule has 1 saturated heterocycles. The molecule has 0 saturated carbocycles. The van der Waals surface area contributed by atoms with Gasteiger partial charge in [-0.1, -0.05) is 32.0 Å². The second kappa shape index (κ2) is 9.99. The van der Waals surface area contributed by atoms with Crippen LogP contribution in [0.15, 0.2) is 24.3 Å². The van der Waals surface area contributed by atoms with Gasteiger partial charge in [-0.25, -0.2) is 0 Å². The van der Waals surface area contributed by atoms with Gasteiger partial charge in [0.25, 0.3) is 0 Å². The van der Waals surface area contributed by atoms with Crippen LogP contribution in [0.2, 0.25) is 0 Å². The number of aliphatic hydroxyl groups is 2. The lowest BCUT2D eigenvalue weighted by Gasteiger charge is -2.35. The Morgan fingerprint density at radius 1 is 1.12 bits per heavy atom. The van der Waals surface area contributed by atoms with E-state index in [2.05, 4.69) is 29.7 Å². The summed E-state index contributed by atoms with van der Waals surface area (Å²) in [5, 5.41) is 19.3. The first-order valence-electron chi connectivity index (χ1n) is 9.09. The standard InChI is InChI=1S/C19H32N2O3/c1-3-16(2)18-6-4-5-7-19(18)24-15-17(23)14-21-10-8-20(9-11-21)12-13-22/h4-7,16-17,22-23H,3,8-15H2,1-2H3/t16-,17-/m1/s1. The van der Waals surface area contributed by atoms with E-state index in [0.717, 1.165) is 44.9 Å². The van der Waals surface area contributed by atoms with Gasteiger partial charge in [-0.3, -0.25) is 9.80 Å². The first kappa shape index (κ1) is 19.2. The first-order valence-corrected chi connectivity index (χ1v) is 9.09. The molecule has 0 aliphatic carbocycles. The maximum absolute atomic E-state index is 10.3. The number of para-hydroxylation sites is 1. The number of β-amino-alcohol motifs (C(OH)–C–C–N with tert-alkyl or cyclic N) is 2. The minimum Gasteiger partial charge on any atom is -0.491 e. The molecule has 5 heteroatoms. The Hall–Kier alpha value is -1.14. The summed E-state index contributed by atoms with van der Waals surface area (Å²) in [5.41, 5.74) is 1.21. The fourth-order valence-corrected chi connectivity index (χ4v) is 3.11. The number of ether oxygens (including phenoxy) is 1. The van der Waals surface area contributed by atoms with Gasteiger partial charge in [0, 0.05) is 39.3 Å². The minimum atomic E-state index is -0.487. The zero-order valence-corrected chi connectivity index (χ0v) is 15.0. The highest BCUT2D eigenvalue weighted by Gasteiger charge is 2.19. The van der Waals surface area contributed by atoms with Crippen LogP contribution in [0, 0.1) is 0 Å². The molecule has 2 N–H and O–H groups in total. The number of hydrogen-bond donors (Lipinski definition) is 2. The number of hydrogen-bond acceptors (Lipinski definition) is 5. The first-order chi connectivity index (χ1) is 11.6. The number of nitrogens with zero attached hydrogens (tertiary/aromatic N) is 2. The van der Waals surface area contributed by atoms with Crippen LogP contribution in [0.1, 0.15) is 31.7 Å². The highest BCUT2D eigenvalue weighted by atomic mass is 16.5. The Kier molecular flexibility index (Phi) is 7.99. The van der Waals surface area contributed by atoms with Crippen molar-refractivity contribution in [3.63, 3.8) is 0 Å². The van der Waals surface area contributed by atoms with E-state index in [-0.39, 0.29) is 6.61 Å². The lowest BCUT2D eigenvalue weighted by atomic mass is 9.98. The van der Waals surface area contributed by atoms with Crippen molar-refractivity contribution in [1.82, 2.24) is 9.80 Å². The van der Waals surface area contributed by atoms with Gasteiger partial charge >= 0.3 is 0 Å². The zero-order chi connectivity index (χ0) is 17.4. The third-order valence-electron chi connectivity index (χ3n) is 4.84. The lowest BCUT2D eigenvalue weighted by Crippen LogP contribution is -2.49. The smallest absolute Gasteiger partial charge is 0.122 e. The summed E-state index contributed by atoms with van der Waals surface area (Å²) in [6.45, 7) is 10.1. The van der Waals surface area contributed by atoms with Gasteiger partial charge in [0.1, 0.15) is 18.5 Å². The predicted molar refractivity (Wildman–Crippen MR) is 96.6 cm³/mol. The summed E-state index contributed by atoms with van der Waals surface area (Å²) in [7, 11) is 0. The van der Waals surface area contributed by atoms with Gasteiger partial charge < -0.3 is 14.9 Å². The van der Waals surface area contributed by atoms with Crippen LogP contribution in [-0.4, -0.2) is 78.6 Å². The second-order valence-corrected chi connectivity index (χ2v) is 6.68. The Balaban J connectivity index is 1.77. The van der Waals surface area contributed by atoms with E-state index in [9.17, 15) is 5.11 Å². The molecule has 0 unspecified atom stereocenters. The van der Waals surface area contributed by atoms with Crippen molar-refractivity contribution in [2.45, 2.75) is 32.3 Å². The lowest BCUT2D eigenvalue weighted by molar-refractivity contribution is 0.0426. The van der Waals surface area contributed by atoms with Gasteiger partial charge in [-0.15, -0.1) is 0 Å². The van der Waals surface area contributed by atoms with Gasteiger partial charge in [0.2, 0.25) is 0 Å². The molecular formula is C19H32N2O3. The Morgan fingerprint density at radius 3 is 2.46 bits per heavy atom. The van der Waals surface area contributed by atoms with E-state index in [1.807, 2.05) is 18.2 Å². The Labute approximate surface area is 145 Å². The highest BCUT2D eigenvalue weighted by molar-refractivity contribution is 5.35. The van der Waals surface area contributed by atoms with E-state index in [4.69, 9.17) is 9.84 Å². The van der Waals surface area contributed by atoms with Crippen molar-refractivity contribution < 1.29 is 14.9 Å². The average molecular weight is 336 g/mol. The molecule has 1 aliphatic rings. The Morgan fingerprint density at radius 2 is 1.79 bits per heavy atom. The monoisotopic (exact) mass is 336 g/mol. The van der Waals surface area contributed by atoms with Gasteiger partial charge in [-0.2, -0.15) is 0 Å². The van der Waals surface area contributed by atoms with Crippen LogP contribution in [0.4, 0.5) is 0 Å². The molecule has 0 bridgehead atoms. The largest absolute Gasteiger partial charge is 0.491 e. The fraction of sp³-hybridized carbons (Fsp3) is 0.684. The maximum Gasteiger partial charge on any atom is 0.122 e. The quantitative estimate of drug-likeness (QED) is 0.717. The minimum absolute atomic E-state index is 0.214. The molecule has 1 aromatic carbocycles. The SMILES string of the molecule is CC[C@@H](C)c1ccccc1OC[C@H](O)CN1CCN(CCO)CC1. The normalized spacial score (nSPS) is 19.2. The van der Waals surface area contributed by atoms with Crippen LogP contribution in [-0.2, 0) is 0 Å². The van der Waals surface area contributed by atoms with E-state index < -0.39 is 6.10 Å². The van der Waals surface area contributed by atoms with Crippen molar-refractivity contribution in [2.75, 3.05) is 52.5 Å². The highest BCUT2D eigenvalue weighted by Crippen LogP contribution is 2.28. The molecule has 24 heavy (non-hydrogen) atoms. The zero-order valence-electron chi connectivity index (χ0n) is 15.0. The van der Waals surface area contributed by atoms with Crippen LogP contribution in [0.5, 0.6) is 5.75 Å². The summed E-state index contributed by atoms with van der Waals surface area (Å²) in [6, 6.07) is 8.11. The van der Waals surface area contributed by atoms with Gasteiger partial charge in [0.15, 0.2) is 0 Å². The summed E-state index contributed by atoms with van der Waals surface area (Å²) in [4.78, 5) is 4.52. The predicted octanol–water partition coefficient (Wildman–Crippen LogP) is 1.55. The molecule has 1 heterocycles. The molecule has 0 spiro atoms. The van der Waals surface area contributed by atoms with Crippen molar-refractivity contribution in [2.24, 2.45) is 0 Å². The van der Waals surface area contributed by atoms with E-state index in [1.54, 1.807) is 0 Å². The third-order valence-corrected chi connectivity index (χ3v) is 4.84. The molecule has 136 valence electrons. The maximum atomic E-state index is 10.3. The molecule has 5 nitrogen and oxygen atoms in total. The van der Waals surface area contributed by atoms with E-state index in [1.165, 1.54) is 5.56 Å². The van der Waals surface area contributed by atoms with Crippen LogP contribution >= 0.6 is 0 Å². The third kappa shape index (κ3) is 5.74. The van der Waals surface area contributed by atoms with Gasteiger partial charge in [0.05, 0.1) is 6.61 Å². The molecule has 2 atom stereocenters. The number of piperazine rings is 1. The van der Waals surface area contributed by atoms with Crippen molar-refractivity contribution >= 4 is 0 Å². The second-order valence-electron chi connectivity index (χ2n) is 6.68. The molecule has 0 radical (unpaired) electrons. The van der Waals surface area contributed by atoms with Crippen LogP contribution in [0.3, 0.4) is 0 Å². The molecule has 1 aliphatic heterocycles. The van der Waals surface area contributed by atoms with Gasteiger partial charge in [-0.05, 0) is 24.0 Å². The topological polar surface area (TPSA) is 56.2 Å². The summed E-state index contributed by atoms with van der Waals surface area (Å²) < 4.78 is 5.90. The van der Waals surface area contributed by atoms with Crippen molar-refractivity contribution in [1.29, 1.82) is 0 Å². The molecule has 2 rings (SSSR count). The number of rotatable bonds is 9. The number of aliphatic hydroxyl groups excluding tert-OH is 2. The molecule has 0 aromatic heterocycles. The number of benzene rings is 1. The summed E-state index contributed by atoms with van der Waals surface area (Å²) in [6.07, 6.45) is 0.584. The molecule has 1 aromatic rings. The van der Waals surface area contributed by atoms with E-state index in [0.29, 0.717) is 19.1 Å². The van der Waals surface area contributed by atoms with Crippen molar-refractivity contribution in [3.8, 4) is 5.75 Å². The summed E-state index contributed by atoms with van der Waals surface area (Å²) >= 11 is 0. The van der Waals surface area contributed by atoms with Crippen LogP contribution in [0.25, 0.3) is 0 Å². The Bertz CT molecular complexity index is 475. The fourth-order valence-electron chi connectivity index (χ4n) is 3.11. The molecule has 0 amide bonds. The molecular weight excluding hydrogens is 304 g/mol. The molecule has 1 fully saturated rings. The van der Waals surface area contributed by atoms with Crippen LogP contribution < -0.4 is 4.74 Å².